The first-order valence-electron chi connectivity index (χ1n) is 5.29. The smallest absolute Gasteiger partial charge is 0.122 e. The molecule has 0 bridgehead atoms. The Balaban J connectivity index is 2.18. The summed E-state index contributed by atoms with van der Waals surface area (Å²) in [7, 11) is 3.28. The van der Waals surface area contributed by atoms with Crippen LogP contribution in [0.3, 0.4) is 0 Å². The van der Waals surface area contributed by atoms with Crippen LogP contribution >= 0.6 is 0 Å². The van der Waals surface area contributed by atoms with Gasteiger partial charge in [-0.3, -0.25) is 9.97 Å². The van der Waals surface area contributed by atoms with Gasteiger partial charge < -0.3 is 9.47 Å². The van der Waals surface area contributed by atoms with Crippen LogP contribution in [-0.2, 0) is 6.42 Å². The van der Waals surface area contributed by atoms with E-state index in [-0.39, 0.29) is 0 Å². The molecule has 0 atom stereocenters. The summed E-state index contributed by atoms with van der Waals surface area (Å²) >= 11 is 0. The lowest BCUT2D eigenvalue weighted by molar-refractivity contribution is 0.413. The van der Waals surface area contributed by atoms with Crippen molar-refractivity contribution in [2.24, 2.45) is 0 Å². The van der Waals surface area contributed by atoms with Crippen molar-refractivity contribution in [1.29, 1.82) is 0 Å². The lowest BCUT2D eigenvalue weighted by Gasteiger charge is -2.04. The molecule has 0 aliphatic heterocycles. The third-order valence-electron chi connectivity index (χ3n) is 2.41. The van der Waals surface area contributed by atoms with E-state index in [2.05, 4.69) is 9.97 Å². The van der Waals surface area contributed by atoms with E-state index in [1.807, 2.05) is 24.3 Å². The Morgan fingerprint density at radius 1 is 0.882 bits per heavy atom. The minimum Gasteiger partial charge on any atom is -0.497 e. The summed E-state index contributed by atoms with van der Waals surface area (Å²) in [4.78, 5) is 8.55. The van der Waals surface area contributed by atoms with Crippen LogP contribution in [0.15, 0.2) is 36.7 Å². The first-order chi connectivity index (χ1) is 8.31. The predicted molar refractivity (Wildman–Crippen MR) is 64.4 cm³/mol. The summed E-state index contributed by atoms with van der Waals surface area (Å²) in [6.45, 7) is 0. The number of ether oxygens (including phenoxy) is 2. The van der Waals surface area contributed by atoms with Gasteiger partial charge in [0, 0.05) is 42.3 Å². The second-order valence-corrected chi connectivity index (χ2v) is 3.55. The molecule has 4 heteroatoms. The van der Waals surface area contributed by atoms with Crippen LogP contribution in [0, 0.1) is 0 Å². The summed E-state index contributed by atoms with van der Waals surface area (Å²) in [5.74, 6) is 1.61. The first-order valence-corrected chi connectivity index (χ1v) is 5.29. The van der Waals surface area contributed by atoms with Crippen molar-refractivity contribution in [2.75, 3.05) is 14.2 Å². The van der Waals surface area contributed by atoms with Crippen molar-refractivity contribution >= 4 is 0 Å². The van der Waals surface area contributed by atoms with E-state index >= 15 is 0 Å². The predicted octanol–water partition coefficient (Wildman–Crippen LogP) is 2.08. The standard InChI is InChI=1S/C13H14N2O2/c1-16-12-3-5-14-10(8-12)7-11-9-13(17-2)4-6-15-11/h3-6,8-9H,7H2,1-2H3. The van der Waals surface area contributed by atoms with Gasteiger partial charge in [0.2, 0.25) is 0 Å². The zero-order valence-corrected chi connectivity index (χ0v) is 9.88. The lowest BCUT2D eigenvalue weighted by Crippen LogP contribution is -1.96. The fraction of sp³-hybridized carbons (Fsp3) is 0.231. The average Bonchev–Trinajstić information content (AvgIpc) is 2.39. The fourth-order valence-corrected chi connectivity index (χ4v) is 1.54. The Morgan fingerprint density at radius 2 is 1.35 bits per heavy atom. The molecule has 0 N–H and O–H groups in total. The molecular weight excluding hydrogens is 216 g/mol. The van der Waals surface area contributed by atoms with Crippen molar-refractivity contribution < 1.29 is 9.47 Å². The summed E-state index contributed by atoms with van der Waals surface area (Å²) in [5.41, 5.74) is 1.84. The van der Waals surface area contributed by atoms with Gasteiger partial charge in [0.1, 0.15) is 11.5 Å². The average molecular weight is 230 g/mol. The van der Waals surface area contributed by atoms with Crippen molar-refractivity contribution in [3.63, 3.8) is 0 Å². The summed E-state index contributed by atoms with van der Waals surface area (Å²) < 4.78 is 10.3. The highest BCUT2D eigenvalue weighted by atomic mass is 16.5. The van der Waals surface area contributed by atoms with Crippen molar-refractivity contribution in [3.05, 3.63) is 48.0 Å². The van der Waals surface area contributed by atoms with E-state index in [0.717, 1.165) is 22.9 Å². The SMILES string of the molecule is COc1ccnc(Cc2cc(OC)ccn2)c1. The highest BCUT2D eigenvalue weighted by Gasteiger charge is 2.02. The molecule has 0 radical (unpaired) electrons. The molecule has 2 aromatic rings. The maximum atomic E-state index is 5.15. The molecule has 0 fully saturated rings. The van der Waals surface area contributed by atoms with E-state index in [9.17, 15) is 0 Å². The van der Waals surface area contributed by atoms with Crippen molar-refractivity contribution in [3.8, 4) is 11.5 Å². The number of pyridine rings is 2. The Bertz CT molecular complexity index is 455. The molecule has 0 aliphatic carbocycles. The quantitative estimate of drug-likeness (QED) is 0.806. The largest absolute Gasteiger partial charge is 0.497 e. The molecule has 88 valence electrons. The Labute approximate surface area is 100 Å². The van der Waals surface area contributed by atoms with Crippen LogP contribution in [0.2, 0.25) is 0 Å². The third-order valence-corrected chi connectivity index (χ3v) is 2.41. The second-order valence-electron chi connectivity index (χ2n) is 3.55. The number of hydrogen-bond donors (Lipinski definition) is 0. The molecule has 4 nitrogen and oxygen atoms in total. The molecule has 17 heavy (non-hydrogen) atoms. The minimum absolute atomic E-state index is 0.661. The van der Waals surface area contributed by atoms with Crippen LogP contribution in [0.5, 0.6) is 11.5 Å². The van der Waals surface area contributed by atoms with Gasteiger partial charge in [-0.15, -0.1) is 0 Å². The Morgan fingerprint density at radius 3 is 1.76 bits per heavy atom. The number of rotatable bonds is 4. The van der Waals surface area contributed by atoms with E-state index in [0.29, 0.717) is 6.42 Å². The molecule has 0 spiro atoms. The third kappa shape index (κ3) is 2.93. The highest BCUT2D eigenvalue weighted by Crippen LogP contribution is 2.15. The van der Waals surface area contributed by atoms with Crippen LogP contribution < -0.4 is 9.47 Å². The molecule has 0 saturated carbocycles. The van der Waals surface area contributed by atoms with E-state index in [1.165, 1.54) is 0 Å². The monoisotopic (exact) mass is 230 g/mol. The minimum atomic E-state index is 0.661. The van der Waals surface area contributed by atoms with Gasteiger partial charge in [-0.25, -0.2) is 0 Å². The van der Waals surface area contributed by atoms with Gasteiger partial charge in [0.25, 0.3) is 0 Å². The van der Waals surface area contributed by atoms with Gasteiger partial charge in [-0.05, 0) is 12.1 Å². The molecule has 0 unspecified atom stereocenters. The maximum absolute atomic E-state index is 5.15. The number of aromatic nitrogens is 2. The maximum Gasteiger partial charge on any atom is 0.122 e. The van der Waals surface area contributed by atoms with Gasteiger partial charge in [0.15, 0.2) is 0 Å². The van der Waals surface area contributed by atoms with E-state index < -0.39 is 0 Å². The molecule has 0 aromatic carbocycles. The van der Waals surface area contributed by atoms with Gasteiger partial charge in [0.05, 0.1) is 14.2 Å². The normalized spacial score (nSPS) is 10.0. The zero-order chi connectivity index (χ0) is 12.1. The molecule has 0 saturated heterocycles. The molecule has 2 heterocycles. The molecule has 0 amide bonds. The molecule has 2 rings (SSSR count). The number of hydrogen-bond acceptors (Lipinski definition) is 4. The van der Waals surface area contributed by atoms with E-state index in [4.69, 9.17) is 9.47 Å². The summed E-state index contributed by atoms with van der Waals surface area (Å²) in [6, 6.07) is 7.45. The van der Waals surface area contributed by atoms with Crippen LogP contribution in [0.1, 0.15) is 11.4 Å². The highest BCUT2D eigenvalue weighted by molar-refractivity contribution is 5.28. The number of methoxy groups -OCH3 is 2. The van der Waals surface area contributed by atoms with Crippen LogP contribution in [0.4, 0.5) is 0 Å². The van der Waals surface area contributed by atoms with Crippen molar-refractivity contribution in [1.82, 2.24) is 9.97 Å². The molecule has 2 aromatic heterocycles. The first kappa shape index (κ1) is 11.4. The topological polar surface area (TPSA) is 44.2 Å². The Hall–Kier alpha value is -2.10. The Kier molecular flexibility index (Phi) is 3.55. The fourth-order valence-electron chi connectivity index (χ4n) is 1.54. The van der Waals surface area contributed by atoms with Crippen LogP contribution in [0.25, 0.3) is 0 Å². The molecular formula is C13H14N2O2. The zero-order valence-electron chi connectivity index (χ0n) is 9.88. The summed E-state index contributed by atoms with van der Waals surface area (Å²) in [5, 5.41) is 0. The van der Waals surface area contributed by atoms with E-state index in [1.54, 1.807) is 26.6 Å². The van der Waals surface area contributed by atoms with Crippen molar-refractivity contribution in [2.45, 2.75) is 6.42 Å². The van der Waals surface area contributed by atoms with Gasteiger partial charge in [-0.2, -0.15) is 0 Å². The summed E-state index contributed by atoms with van der Waals surface area (Å²) in [6.07, 6.45) is 4.12. The van der Waals surface area contributed by atoms with Gasteiger partial charge >= 0.3 is 0 Å². The second kappa shape index (κ2) is 5.30. The van der Waals surface area contributed by atoms with Gasteiger partial charge in [-0.1, -0.05) is 0 Å². The number of nitrogens with zero attached hydrogens (tertiary/aromatic N) is 2. The lowest BCUT2D eigenvalue weighted by atomic mass is 10.2. The molecule has 0 aliphatic rings. The van der Waals surface area contributed by atoms with Crippen LogP contribution in [-0.4, -0.2) is 24.2 Å².